The van der Waals surface area contributed by atoms with E-state index in [0.29, 0.717) is 52.3 Å². The zero-order valence-electron chi connectivity index (χ0n) is 21.4. The van der Waals surface area contributed by atoms with Crippen LogP contribution < -0.4 is 10.9 Å². The first-order valence-corrected chi connectivity index (χ1v) is 13.8. The van der Waals surface area contributed by atoms with Crippen molar-refractivity contribution in [2.24, 2.45) is 5.92 Å². The van der Waals surface area contributed by atoms with Gasteiger partial charge in [0.1, 0.15) is 17.6 Å². The maximum absolute atomic E-state index is 13.5. The van der Waals surface area contributed by atoms with Gasteiger partial charge in [-0.15, -0.1) is 0 Å². The number of pyridine rings is 1. The molecule has 1 fully saturated rings. The van der Waals surface area contributed by atoms with E-state index in [0.717, 1.165) is 29.8 Å². The van der Waals surface area contributed by atoms with Crippen molar-refractivity contribution in [3.8, 4) is 11.4 Å². The Morgan fingerprint density at radius 3 is 2.62 bits per heavy atom. The summed E-state index contributed by atoms with van der Waals surface area (Å²) in [5, 5.41) is 3.13. The maximum Gasteiger partial charge on any atom is 0.294 e. The Morgan fingerprint density at radius 2 is 1.95 bits per heavy atom. The smallest absolute Gasteiger partial charge is 0.294 e. The van der Waals surface area contributed by atoms with Gasteiger partial charge in [0.25, 0.3) is 5.56 Å². The lowest BCUT2D eigenvalue weighted by atomic mass is 10.1. The van der Waals surface area contributed by atoms with Crippen molar-refractivity contribution in [2.45, 2.75) is 64.4 Å². The number of nitrogens with one attached hydrogen (secondary N) is 1. The van der Waals surface area contributed by atoms with Crippen molar-refractivity contribution in [2.75, 3.05) is 11.1 Å². The van der Waals surface area contributed by atoms with Crippen LogP contribution >= 0.6 is 0 Å². The number of hydrogen-bond acceptors (Lipinski definition) is 9. The minimum absolute atomic E-state index is 0.213. The van der Waals surface area contributed by atoms with Crippen molar-refractivity contribution >= 4 is 28.2 Å². The van der Waals surface area contributed by atoms with Crippen LogP contribution in [0.3, 0.4) is 0 Å². The van der Waals surface area contributed by atoms with Gasteiger partial charge in [0.2, 0.25) is 0 Å². The zero-order valence-corrected chi connectivity index (χ0v) is 22.2. The molecule has 10 nitrogen and oxygen atoms in total. The fourth-order valence-electron chi connectivity index (χ4n) is 4.23. The van der Waals surface area contributed by atoms with Crippen LogP contribution in [0.25, 0.3) is 22.6 Å². The van der Waals surface area contributed by atoms with Crippen molar-refractivity contribution in [1.29, 1.82) is 0 Å². The summed E-state index contributed by atoms with van der Waals surface area (Å²) in [7, 11) is 0. The average molecular weight is 519 g/mol. The van der Waals surface area contributed by atoms with Crippen LogP contribution in [0.1, 0.15) is 56.6 Å². The van der Waals surface area contributed by atoms with Crippen LogP contribution in [-0.2, 0) is 24.3 Å². The number of rotatable bonds is 9. The van der Waals surface area contributed by atoms with Gasteiger partial charge in [-0.05, 0) is 55.9 Å². The highest BCUT2D eigenvalue weighted by molar-refractivity contribution is 7.91. The molecule has 0 aromatic carbocycles. The Morgan fingerprint density at radius 1 is 1.14 bits per heavy atom. The highest BCUT2D eigenvalue weighted by atomic mass is 32.2. The Labute approximate surface area is 218 Å². The van der Waals surface area contributed by atoms with E-state index in [1.807, 2.05) is 13.8 Å². The van der Waals surface area contributed by atoms with Crippen molar-refractivity contribution < 1.29 is 4.55 Å². The third-order valence-electron chi connectivity index (χ3n) is 6.25. The Balaban J connectivity index is 1.51. The molecular weight excluding hydrogens is 488 g/mol. The number of aromatic nitrogens is 7. The van der Waals surface area contributed by atoms with Gasteiger partial charge >= 0.3 is 0 Å². The minimum atomic E-state index is -1.06. The predicted octanol–water partition coefficient (Wildman–Crippen LogP) is 3.62. The highest BCUT2D eigenvalue weighted by Gasteiger charge is 2.30. The molecule has 1 atom stereocenters. The van der Waals surface area contributed by atoms with Crippen LogP contribution in [0.15, 0.2) is 40.5 Å². The summed E-state index contributed by atoms with van der Waals surface area (Å²) in [5.74, 6) is 1.89. The maximum atomic E-state index is 13.5. The lowest BCUT2D eigenvalue weighted by Crippen LogP contribution is -2.28. The molecule has 4 heterocycles. The Kier molecular flexibility index (Phi) is 7.16. The monoisotopic (exact) mass is 518 g/mol. The van der Waals surface area contributed by atoms with E-state index in [2.05, 4.69) is 44.1 Å². The second kappa shape index (κ2) is 10.5. The first-order valence-electron chi connectivity index (χ1n) is 12.5. The third-order valence-corrected chi connectivity index (χ3v) is 7.54. The van der Waals surface area contributed by atoms with Gasteiger partial charge in [0, 0.05) is 12.5 Å². The molecule has 0 bridgehead atoms. The highest BCUT2D eigenvalue weighted by Crippen LogP contribution is 2.43. The molecule has 1 aliphatic carbocycles. The van der Waals surface area contributed by atoms with Crippen molar-refractivity contribution in [1.82, 2.24) is 34.5 Å². The van der Waals surface area contributed by atoms with Gasteiger partial charge in [-0.3, -0.25) is 14.3 Å². The molecule has 5 rings (SSSR count). The predicted molar refractivity (Wildman–Crippen MR) is 143 cm³/mol. The third kappa shape index (κ3) is 5.33. The molecule has 37 heavy (non-hydrogen) atoms. The zero-order chi connectivity index (χ0) is 26.1. The van der Waals surface area contributed by atoms with E-state index < -0.39 is 11.2 Å². The molecule has 0 saturated heterocycles. The average Bonchev–Trinajstić information content (AvgIpc) is 3.74. The minimum Gasteiger partial charge on any atom is -0.611 e. The van der Waals surface area contributed by atoms with E-state index in [9.17, 15) is 9.35 Å². The quantitative estimate of drug-likeness (QED) is 0.330. The van der Waals surface area contributed by atoms with Crippen LogP contribution in [-0.4, -0.2) is 44.8 Å². The molecule has 0 amide bonds. The molecule has 4 aromatic heterocycles. The van der Waals surface area contributed by atoms with Gasteiger partial charge in [0.05, 0.1) is 41.6 Å². The summed E-state index contributed by atoms with van der Waals surface area (Å²) >= 11 is -1.06. The van der Waals surface area contributed by atoms with E-state index in [-0.39, 0.29) is 17.3 Å². The lowest BCUT2D eigenvalue weighted by molar-refractivity contribution is 0.520. The lowest BCUT2D eigenvalue weighted by Gasteiger charge is -2.15. The second-order valence-electron chi connectivity index (χ2n) is 9.64. The van der Waals surface area contributed by atoms with Gasteiger partial charge in [-0.25, -0.2) is 24.9 Å². The molecule has 1 unspecified atom stereocenters. The molecule has 192 valence electrons. The van der Waals surface area contributed by atoms with Crippen LogP contribution in [0.5, 0.6) is 0 Å². The number of hydrogen-bond donors (Lipinski definition) is 1. The molecule has 0 spiro atoms. The molecule has 0 aliphatic heterocycles. The van der Waals surface area contributed by atoms with Crippen LogP contribution in [0, 0.1) is 12.8 Å². The van der Waals surface area contributed by atoms with Crippen molar-refractivity contribution in [3.05, 3.63) is 58.3 Å². The van der Waals surface area contributed by atoms with Gasteiger partial charge in [0.15, 0.2) is 22.2 Å². The molecule has 1 aliphatic rings. The summed E-state index contributed by atoms with van der Waals surface area (Å²) in [4.78, 5) is 41.5. The fourth-order valence-corrected chi connectivity index (χ4v) is 4.96. The summed E-state index contributed by atoms with van der Waals surface area (Å²) in [6.45, 7) is 8.70. The number of fused-ring (bicyclic) bond motifs is 1. The topological polar surface area (TPSA) is 134 Å². The van der Waals surface area contributed by atoms with E-state index in [1.54, 1.807) is 35.4 Å². The largest absolute Gasteiger partial charge is 0.611 e. The normalized spacial score (nSPS) is 14.3. The molecule has 0 radical (unpaired) electrons. The van der Waals surface area contributed by atoms with E-state index in [1.165, 1.54) is 0 Å². The van der Waals surface area contributed by atoms with Crippen LogP contribution in [0.4, 0.5) is 5.82 Å². The van der Waals surface area contributed by atoms with E-state index in [4.69, 9.17) is 4.98 Å². The molecular formula is C26H30N8O2S. The molecule has 11 heteroatoms. The number of nitrogens with zero attached hydrogens (tertiary/aromatic N) is 7. The first kappa shape index (κ1) is 25.2. The Bertz CT molecular complexity index is 1480. The fraction of sp³-hybridized carbons (Fsp3) is 0.423. The van der Waals surface area contributed by atoms with Crippen LogP contribution in [0.2, 0.25) is 0 Å². The summed E-state index contributed by atoms with van der Waals surface area (Å²) in [6, 6.07) is 3.61. The Hall–Kier alpha value is -3.44. The van der Waals surface area contributed by atoms with Gasteiger partial charge in [-0.1, -0.05) is 13.8 Å². The van der Waals surface area contributed by atoms with Gasteiger partial charge < -0.3 is 9.87 Å². The van der Waals surface area contributed by atoms with Crippen molar-refractivity contribution in [3.63, 3.8) is 0 Å². The standard InChI is InChI=1S/C26H30N8O2S/c1-5-37(36)19-9-8-18(27-11-19)10-28-24-26(35)34(13-15(2)3)25-20(32-24)12-29-23(33-25)21-16(4)30-14-31-22(21)17-6-7-17/h8-9,11-12,14-15,17H,5-7,10,13H2,1-4H3,(H,28,32). The first-order chi connectivity index (χ1) is 17.9. The second-order valence-corrected chi connectivity index (χ2v) is 11.4. The number of anilines is 1. The molecule has 1 N–H and O–H groups in total. The molecule has 1 saturated carbocycles. The number of aryl methyl sites for hydroxylation is 1. The SMILES string of the molecule is CC[S+]([O-])c1ccc(CNc2nc3cnc(-c4c(C)ncnc4C4CC4)nc3n(CC(C)C)c2=O)nc1. The van der Waals surface area contributed by atoms with Gasteiger partial charge in [-0.2, -0.15) is 0 Å². The summed E-state index contributed by atoms with van der Waals surface area (Å²) < 4.78 is 13.6. The summed E-state index contributed by atoms with van der Waals surface area (Å²) in [6.07, 6.45) is 7.06. The summed E-state index contributed by atoms with van der Waals surface area (Å²) in [5.41, 5.74) is 4.11. The molecule has 4 aromatic rings. The van der Waals surface area contributed by atoms with E-state index >= 15 is 0 Å².